The Balaban J connectivity index is 2.15. The number of thioether (sulfide) groups is 1. The number of nitrogens with zero attached hydrogens (tertiary/aromatic N) is 1. The van der Waals surface area contributed by atoms with Crippen LogP contribution in [-0.2, 0) is 6.54 Å². The maximum absolute atomic E-state index is 5.34. The van der Waals surface area contributed by atoms with Crippen molar-refractivity contribution in [2.24, 2.45) is 0 Å². The molecule has 2 rings (SSSR count). The van der Waals surface area contributed by atoms with Gasteiger partial charge in [0.25, 0.3) is 0 Å². The summed E-state index contributed by atoms with van der Waals surface area (Å²) in [5, 5.41) is 4.49. The third-order valence-electron chi connectivity index (χ3n) is 2.75. The van der Waals surface area contributed by atoms with Crippen molar-refractivity contribution in [2.75, 3.05) is 25.7 Å². The summed E-state index contributed by atoms with van der Waals surface area (Å²) < 4.78 is 5.34. The van der Waals surface area contributed by atoms with Gasteiger partial charge in [-0.3, -0.25) is 0 Å². The lowest BCUT2D eigenvalue weighted by Gasteiger charge is -2.07. The number of ether oxygens (including phenoxy) is 1. The third-order valence-corrected chi connectivity index (χ3v) is 3.36. The van der Waals surface area contributed by atoms with Gasteiger partial charge < -0.3 is 10.1 Å². The van der Waals surface area contributed by atoms with E-state index in [0.717, 1.165) is 41.2 Å². The summed E-state index contributed by atoms with van der Waals surface area (Å²) in [5.74, 6) is 1.95. The summed E-state index contributed by atoms with van der Waals surface area (Å²) in [4.78, 5) is 4.65. The minimum Gasteiger partial charge on any atom is -0.494 e. The quantitative estimate of drug-likeness (QED) is 0.812. The Labute approximate surface area is 112 Å². The Bertz CT molecular complexity index is 516. The third kappa shape index (κ3) is 3.15. The standard InChI is InChI=1S/C14H18N2OS/c1-17-13-5-3-4-11-6-7-12(16-14(11)13)10-15-8-9-18-2/h3-7,15H,8-10H2,1-2H3. The van der Waals surface area contributed by atoms with Crippen LogP contribution in [-0.4, -0.2) is 30.6 Å². The van der Waals surface area contributed by atoms with Gasteiger partial charge in [0.2, 0.25) is 0 Å². The Morgan fingerprint density at radius 1 is 1.28 bits per heavy atom. The molecule has 0 unspecified atom stereocenters. The first-order chi connectivity index (χ1) is 8.85. The van der Waals surface area contributed by atoms with Crippen molar-refractivity contribution in [3.8, 4) is 5.75 Å². The van der Waals surface area contributed by atoms with Crippen molar-refractivity contribution in [1.82, 2.24) is 10.3 Å². The van der Waals surface area contributed by atoms with Gasteiger partial charge in [-0.1, -0.05) is 18.2 Å². The highest BCUT2D eigenvalue weighted by Gasteiger charge is 2.03. The van der Waals surface area contributed by atoms with Crippen molar-refractivity contribution < 1.29 is 4.74 Å². The normalized spacial score (nSPS) is 10.8. The van der Waals surface area contributed by atoms with Crippen molar-refractivity contribution in [2.45, 2.75) is 6.54 Å². The highest BCUT2D eigenvalue weighted by Crippen LogP contribution is 2.23. The maximum atomic E-state index is 5.34. The number of hydrogen-bond acceptors (Lipinski definition) is 4. The minimum absolute atomic E-state index is 0.800. The van der Waals surface area contributed by atoms with Crippen LogP contribution < -0.4 is 10.1 Å². The molecule has 0 saturated heterocycles. The second-order valence-corrected chi connectivity index (χ2v) is 4.99. The van der Waals surface area contributed by atoms with Gasteiger partial charge >= 0.3 is 0 Å². The molecule has 0 bridgehead atoms. The molecule has 2 aromatic rings. The number of nitrogens with one attached hydrogen (secondary N) is 1. The van der Waals surface area contributed by atoms with Gasteiger partial charge in [0.1, 0.15) is 11.3 Å². The monoisotopic (exact) mass is 262 g/mol. The van der Waals surface area contributed by atoms with E-state index in [0.29, 0.717) is 0 Å². The lowest BCUT2D eigenvalue weighted by molar-refractivity contribution is 0.419. The molecule has 3 nitrogen and oxygen atoms in total. The summed E-state index contributed by atoms with van der Waals surface area (Å²) in [7, 11) is 1.68. The van der Waals surface area contributed by atoms with Crippen molar-refractivity contribution >= 4 is 22.7 Å². The molecule has 0 radical (unpaired) electrons. The van der Waals surface area contributed by atoms with Crippen molar-refractivity contribution in [3.05, 3.63) is 36.0 Å². The van der Waals surface area contributed by atoms with E-state index in [2.05, 4.69) is 34.8 Å². The second-order valence-electron chi connectivity index (χ2n) is 4.00. The van der Waals surface area contributed by atoms with Crippen LogP contribution in [0.2, 0.25) is 0 Å². The highest BCUT2D eigenvalue weighted by atomic mass is 32.2. The van der Waals surface area contributed by atoms with Crippen LogP contribution in [0.25, 0.3) is 10.9 Å². The molecular formula is C14H18N2OS. The molecule has 0 atom stereocenters. The minimum atomic E-state index is 0.800. The molecule has 0 aliphatic heterocycles. The van der Waals surface area contributed by atoms with Crippen molar-refractivity contribution in [3.63, 3.8) is 0 Å². The van der Waals surface area contributed by atoms with E-state index in [1.165, 1.54) is 0 Å². The fourth-order valence-electron chi connectivity index (χ4n) is 1.81. The highest BCUT2D eigenvalue weighted by molar-refractivity contribution is 7.98. The molecule has 96 valence electrons. The average molecular weight is 262 g/mol. The van der Waals surface area contributed by atoms with Gasteiger partial charge in [0.05, 0.1) is 12.8 Å². The predicted octanol–water partition coefficient (Wildman–Crippen LogP) is 2.70. The zero-order valence-corrected chi connectivity index (χ0v) is 11.6. The Hall–Kier alpha value is -1.26. The van der Waals surface area contributed by atoms with Gasteiger partial charge in [-0.2, -0.15) is 11.8 Å². The molecule has 1 aromatic carbocycles. The SMILES string of the molecule is COc1cccc2ccc(CNCCSC)nc12. The zero-order valence-electron chi connectivity index (χ0n) is 10.8. The molecule has 1 heterocycles. The summed E-state index contributed by atoms with van der Waals surface area (Å²) in [6.07, 6.45) is 2.11. The molecule has 0 aliphatic rings. The zero-order chi connectivity index (χ0) is 12.8. The maximum Gasteiger partial charge on any atom is 0.145 e. The van der Waals surface area contributed by atoms with Crippen LogP contribution in [0.5, 0.6) is 5.75 Å². The molecular weight excluding hydrogens is 244 g/mol. The fraction of sp³-hybridized carbons (Fsp3) is 0.357. The number of para-hydroxylation sites is 1. The van der Waals surface area contributed by atoms with Gasteiger partial charge in [-0.25, -0.2) is 4.98 Å². The Morgan fingerprint density at radius 2 is 2.17 bits per heavy atom. The molecule has 0 amide bonds. The average Bonchev–Trinajstić information content (AvgIpc) is 2.43. The van der Waals surface area contributed by atoms with Gasteiger partial charge in [-0.15, -0.1) is 0 Å². The molecule has 0 spiro atoms. The number of rotatable bonds is 6. The summed E-state index contributed by atoms with van der Waals surface area (Å²) in [6.45, 7) is 1.81. The van der Waals surface area contributed by atoms with Crippen LogP contribution in [0.4, 0.5) is 0 Å². The molecule has 1 aromatic heterocycles. The first kappa shape index (κ1) is 13.2. The van der Waals surface area contributed by atoms with Gasteiger partial charge in [0.15, 0.2) is 0 Å². The van der Waals surface area contributed by atoms with Gasteiger partial charge in [0, 0.05) is 24.2 Å². The fourth-order valence-corrected chi connectivity index (χ4v) is 2.16. The summed E-state index contributed by atoms with van der Waals surface area (Å²) in [6, 6.07) is 10.1. The first-order valence-electron chi connectivity index (χ1n) is 5.97. The Morgan fingerprint density at radius 3 is 2.94 bits per heavy atom. The number of methoxy groups -OCH3 is 1. The molecule has 0 fully saturated rings. The van der Waals surface area contributed by atoms with E-state index >= 15 is 0 Å². The van der Waals surface area contributed by atoms with E-state index in [-0.39, 0.29) is 0 Å². The van der Waals surface area contributed by atoms with Crippen LogP contribution in [0, 0.1) is 0 Å². The van der Waals surface area contributed by atoms with E-state index < -0.39 is 0 Å². The lowest BCUT2D eigenvalue weighted by atomic mass is 10.2. The molecule has 18 heavy (non-hydrogen) atoms. The van der Waals surface area contributed by atoms with Crippen molar-refractivity contribution in [1.29, 1.82) is 0 Å². The topological polar surface area (TPSA) is 34.1 Å². The van der Waals surface area contributed by atoms with Crippen LogP contribution in [0.15, 0.2) is 30.3 Å². The van der Waals surface area contributed by atoms with E-state index in [9.17, 15) is 0 Å². The largest absolute Gasteiger partial charge is 0.494 e. The van der Waals surface area contributed by atoms with Gasteiger partial charge in [-0.05, 0) is 18.4 Å². The Kier molecular flexibility index (Phi) is 4.84. The first-order valence-corrected chi connectivity index (χ1v) is 7.37. The lowest BCUT2D eigenvalue weighted by Crippen LogP contribution is -2.17. The summed E-state index contributed by atoms with van der Waals surface area (Å²) in [5.41, 5.74) is 1.98. The number of pyridine rings is 1. The number of aromatic nitrogens is 1. The van der Waals surface area contributed by atoms with E-state index in [4.69, 9.17) is 4.74 Å². The number of fused-ring (bicyclic) bond motifs is 1. The van der Waals surface area contributed by atoms with Crippen LogP contribution in [0.1, 0.15) is 5.69 Å². The van der Waals surface area contributed by atoms with Crippen LogP contribution >= 0.6 is 11.8 Å². The van der Waals surface area contributed by atoms with E-state index in [1.807, 2.05) is 23.9 Å². The smallest absolute Gasteiger partial charge is 0.145 e. The predicted molar refractivity (Wildman–Crippen MR) is 78.4 cm³/mol. The second kappa shape index (κ2) is 6.61. The molecule has 4 heteroatoms. The number of hydrogen-bond donors (Lipinski definition) is 1. The molecule has 0 aliphatic carbocycles. The molecule has 0 saturated carbocycles. The molecule has 1 N–H and O–H groups in total. The summed E-state index contributed by atoms with van der Waals surface area (Å²) >= 11 is 1.84. The number of benzene rings is 1. The van der Waals surface area contributed by atoms with E-state index in [1.54, 1.807) is 7.11 Å². The van der Waals surface area contributed by atoms with Crippen LogP contribution in [0.3, 0.4) is 0 Å².